The van der Waals surface area contributed by atoms with Gasteiger partial charge in [-0.1, -0.05) is 43.3 Å². The molecule has 1 aromatic heterocycles. The SMILES string of the molecule is CC(COc1ccccc1Cn1cc(C(N)=O)c2ccccc21)CC(=O)N(O)c1ccc2c(c1)OCO2. The Labute approximate surface area is 213 Å². The van der Waals surface area contributed by atoms with Crippen LogP contribution in [0.4, 0.5) is 5.69 Å². The number of rotatable bonds is 9. The summed E-state index contributed by atoms with van der Waals surface area (Å²) in [7, 11) is 0. The number of primary amides is 1. The van der Waals surface area contributed by atoms with E-state index in [-0.39, 0.29) is 25.7 Å². The average molecular weight is 502 g/mol. The molecule has 9 heteroatoms. The van der Waals surface area contributed by atoms with Gasteiger partial charge in [0.25, 0.3) is 11.8 Å². The van der Waals surface area contributed by atoms with E-state index in [0.29, 0.717) is 40.1 Å². The third-order valence-electron chi connectivity index (χ3n) is 6.25. The third-order valence-corrected chi connectivity index (χ3v) is 6.25. The average Bonchev–Trinajstić information content (AvgIpc) is 3.52. The highest BCUT2D eigenvalue weighted by molar-refractivity contribution is 6.06. The molecule has 9 nitrogen and oxygen atoms in total. The van der Waals surface area contributed by atoms with Crippen molar-refractivity contribution >= 4 is 28.4 Å². The topological polar surface area (TPSA) is 116 Å². The first-order valence-corrected chi connectivity index (χ1v) is 11.9. The van der Waals surface area contributed by atoms with E-state index >= 15 is 0 Å². The standard InChI is InChI=1S/C28H27N3O6/c1-18(12-27(32)31(34)20-10-11-25-26(13-20)37-17-36-25)16-35-24-9-5-2-6-19(24)14-30-15-22(28(29)33)21-7-3-4-8-23(21)30/h2-11,13,15,18,34H,12,14,16-17H2,1H3,(H2,29,33). The summed E-state index contributed by atoms with van der Waals surface area (Å²) in [5.41, 5.74) is 8.18. The predicted octanol–water partition coefficient (Wildman–Crippen LogP) is 4.34. The highest BCUT2D eigenvalue weighted by Crippen LogP contribution is 2.35. The molecule has 2 amide bonds. The smallest absolute Gasteiger partial charge is 0.251 e. The first-order valence-electron chi connectivity index (χ1n) is 11.9. The van der Waals surface area contributed by atoms with Crippen molar-refractivity contribution < 1.29 is 29.0 Å². The lowest BCUT2D eigenvalue weighted by Gasteiger charge is -2.19. The van der Waals surface area contributed by atoms with Gasteiger partial charge in [-0.15, -0.1) is 0 Å². The zero-order chi connectivity index (χ0) is 25.9. The van der Waals surface area contributed by atoms with Crippen LogP contribution in [-0.2, 0) is 11.3 Å². The van der Waals surface area contributed by atoms with Crippen LogP contribution < -0.4 is 25.0 Å². The van der Waals surface area contributed by atoms with Crippen LogP contribution in [0.1, 0.15) is 29.3 Å². The van der Waals surface area contributed by atoms with Gasteiger partial charge in [-0.25, -0.2) is 0 Å². The molecule has 1 atom stereocenters. The molecule has 1 aliphatic heterocycles. The van der Waals surface area contributed by atoms with E-state index in [9.17, 15) is 14.8 Å². The minimum absolute atomic E-state index is 0.0807. The molecule has 0 bridgehead atoms. The lowest BCUT2D eigenvalue weighted by molar-refractivity contribution is -0.124. The summed E-state index contributed by atoms with van der Waals surface area (Å²) in [6.07, 6.45) is 1.84. The molecular formula is C28H27N3O6. The predicted molar refractivity (Wildman–Crippen MR) is 137 cm³/mol. The molecule has 0 radical (unpaired) electrons. The molecule has 4 aromatic rings. The van der Waals surface area contributed by atoms with Crippen molar-refractivity contribution in [3.05, 3.63) is 84.1 Å². The van der Waals surface area contributed by atoms with Crippen molar-refractivity contribution in [1.82, 2.24) is 4.57 Å². The Kier molecular flexibility index (Phi) is 6.70. The van der Waals surface area contributed by atoms with Crippen LogP contribution >= 0.6 is 0 Å². The summed E-state index contributed by atoms with van der Waals surface area (Å²) < 4.78 is 18.6. The van der Waals surface area contributed by atoms with Crippen LogP contribution in [-0.4, -0.2) is 35.0 Å². The van der Waals surface area contributed by atoms with Crippen molar-refractivity contribution in [2.45, 2.75) is 19.9 Å². The van der Waals surface area contributed by atoms with E-state index in [1.54, 1.807) is 24.4 Å². The molecule has 3 aromatic carbocycles. The second-order valence-electron chi connectivity index (χ2n) is 9.02. The van der Waals surface area contributed by atoms with Gasteiger partial charge in [0.05, 0.1) is 24.4 Å². The Hall–Kier alpha value is -4.50. The zero-order valence-electron chi connectivity index (χ0n) is 20.3. The first kappa shape index (κ1) is 24.2. The summed E-state index contributed by atoms with van der Waals surface area (Å²) in [6, 6.07) is 20.0. The number of ether oxygens (including phenoxy) is 3. The van der Waals surface area contributed by atoms with Crippen molar-refractivity contribution in [2.24, 2.45) is 11.7 Å². The maximum Gasteiger partial charge on any atom is 0.251 e. The maximum atomic E-state index is 12.7. The van der Waals surface area contributed by atoms with E-state index in [4.69, 9.17) is 19.9 Å². The Morgan fingerprint density at radius 3 is 2.68 bits per heavy atom. The van der Waals surface area contributed by atoms with Crippen LogP contribution in [0.25, 0.3) is 10.9 Å². The molecule has 190 valence electrons. The molecule has 2 heterocycles. The summed E-state index contributed by atoms with van der Waals surface area (Å²) in [4.78, 5) is 24.6. The van der Waals surface area contributed by atoms with Gasteiger partial charge in [0, 0.05) is 35.2 Å². The molecule has 3 N–H and O–H groups in total. The largest absolute Gasteiger partial charge is 0.493 e. The second kappa shape index (κ2) is 10.2. The normalized spacial score (nSPS) is 12.9. The van der Waals surface area contributed by atoms with Crippen molar-refractivity contribution in [2.75, 3.05) is 18.5 Å². The second-order valence-corrected chi connectivity index (χ2v) is 9.02. The number of amides is 2. The van der Waals surface area contributed by atoms with Crippen LogP contribution in [0.15, 0.2) is 72.9 Å². The number of benzene rings is 3. The van der Waals surface area contributed by atoms with Gasteiger partial charge in [0.1, 0.15) is 5.75 Å². The summed E-state index contributed by atoms with van der Waals surface area (Å²) in [6.45, 7) is 2.75. The quantitative estimate of drug-likeness (QED) is 0.260. The Bertz CT molecular complexity index is 1460. The summed E-state index contributed by atoms with van der Waals surface area (Å²) in [5, 5.41) is 11.8. The number of anilines is 1. The number of nitrogens with zero attached hydrogens (tertiary/aromatic N) is 2. The number of aromatic nitrogens is 1. The molecule has 0 saturated heterocycles. The third kappa shape index (κ3) is 5.07. The number of nitrogens with two attached hydrogens (primary N) is 1. The minimum Gasteiger partial charge on any atom is -0.493 e. The lowest BCUT2D eigenvalue weighted by atomic mass is 10.1. The van der Waals surface area contributed by atoms with E-state index in [1.807, 2.05) is 60.0 Å². The van der Waals surface area contributed by atoms with Crippen molar-refractivity contribution in [1.29, 1.82) is 0 Å². The summed E-state index contributed by atoms with van der Waals surface area (Å²) in [5.74, 6) is 0.632. The van der Waals surface area contributed by atoms with Crippen molar-refractivity contribution in [3.63, 3.8) is 0 Å². The summed E-state index contributed by atoms with van der Waals surface area (Å²) >= 11 is 0. The van der Waals surface area contributed by atoms with Gasteiger partial charge < -0.3 is 24.5 Å². The molecule has 0 aliphatic carbocycles. The molecule has 0 saturated carbocycles. The molecule has 0 spiro atoms. The van der Waals surface area contributed by atoms with Crippen LogP contribution in [0.2, 0.25) is 0 Å². The number of para-hydroxylation sites is 2. The number of hydroxylamine groups is 1. The highest BCUT2D eigenvalue weighted by Gasteiger charge is 2.21. The van der Waals surface area contributed by atoms with Crippen LogP contribution in [0, 0.1) is 5.92 Å². The monoisotopic (exact) mass is 501 g/mol. The molecule has 37 heavy (non-hydrogen) atoms. The zero-order valence-corrected chi connectivity index (χ0v) is 20.3. The fraction of sp³-hybridized carbons (Fsp3) is 0.214. The molecule has 1 unspecified atom stereocenters. The van der Waals surface area contributed by atoms with Gasteiger partial charge in [0.15, 0.2) is 11.5 Å². The lowest BCUT2D eigenvalue weighted by Crippen LogP contribution is -2.29. The molecular weight excluding hydrogens is 474 g/mol. The highest BCUT2D eigenvalue weighted by atomic mass is 16.7. The minimum atomic E-state index is -0.475. The maximum absolute atomic E-state index is 12.7. The molecule has 0 fully saturated rings. The van der Waals surface area contributed by atoms with Crippen LogP contribution in [0.3, 0.4) is 0 Å². The van der Waals surface area contributed by atoms with E-state index in [0.717, 1.165) is 16.5 Å². The fourth-order valence-corrected chi connectivity index (χ4v) is 4.37. The first-order chi connectivity index (χ1) is 17.9. The van der Waals surface area contributed by atoms with Crippen LogP contribution in [0.5, 0.6) is 17.2 Å². The van der Waals surface area contributed by atoms with Gasteiger partial charge in [0.2, 0.25) is 6.79 Å². The number of carbonyl (C=O) groups excluding carboxylic acids is 2. The van der Waals surface area contributed by atoms with E-state index in [2.05, 4.69) is 0 Å². The Morgan fingerprint density at radius 1 is 1.08 bits per heavy atom. The number of hydrogen-bond acceptors (Lipinski definition) is 6. The van der Waals surface area contributed by atoms with Gasteiger partial charge in [-0.2, -0.15) is 5.06 Å². The fourth-order valence-electron chi connectivity index (χ4n) is 4.37. The van der Waals surface area contributed by atoms with Gasteiger partial charge >= 0.3 is 0 Å². The number of fused-ring (bicyclic) bond motifs is 2. The van der Waals surface area contributed by atoms with Crippen molar-refractivity contribution in [3.8, 4) is 17.2 Å². The Balaban J connectivity index is 1.24. The van der Waals surface area contributed by atoms with Gasteiger partial charge in [-0.05, 0) is 30.2 Å². The number of hydrogen-bond donors (Lipinski definition) is 2. The molecule has 1 aliphatic rings. The van der Waals surface area contributed by atoms with E-state index < -0.39 is 11.8 Å². The molecule has 5 rings (SSSR count). The van der Waals surface area contributed by atoms with E-state index in [1.165, 1.54) is 0 Å². The number of carbonyl (C=O) groups is 2. The Morgan fingerprint density at radius 2 is 1.84 bits per heavy atom. The van der Waals surface area contributed by atoms with Gasteiger partial charge in [-0.3, -0.25) is 14.8 Å².